The van der Waals surface area contributed by atoms with Gasteiger partial charge >= 0.3 is 0 Å². The Balaban J connectivity index is 1.85. The zero-order chi connectivity index (χ0) is 12.4. The molecule has 2 heterocycles. The van der Waals surface area contributed by atoms with E-state index in [1.54, 1.807) is 0 Å². The first kappa shape index (κ1) is 10.5. The summed E-state index contributed by atoms with van der Waals surface area (Å²) in [7, 11) is 0. The van der Waals surface area contributed by atoms with Crippen LogP contribution in [-0.2, 0) is 6.54 Å². The van der Waals surface area contributed by atoms with Crippen molar-refractivity contribution >= 4 is 0 Å². The summed E-state index contributed by atoms with van der Waals surface area (Å²) in [5.74, 6) is 1.10. The topological polar surface area (TPSA) is 98.1 Å². The monoisotopic (exact) mass is 242 g/mol. The predicted octanol–water partition coefficient (Wildman–Crippen LogP) is 0.210. The van der Waals surface area contributed by atoms with Crippen molar-refractivity contribution in [1.82, 2.24) is 40.8 Å². The van der Waals surface area contributed by atoms with E-state index < -0.39 is 0 Å². The fourth-order valence-corrected chi connectivity index (χ4v) is 1.59. The lowest BCUT2D eigenvalue weighted by Crippen LogP contribution is -2.05. The lowest BCUT2D eigenvalue weighted by molar-refractivity contribution is 0.555. The van der Waals surface area contributed by atoms with Crippen molar-refractivity contribution < 1.29 is 0 Å². The molecule has 8 heteroatoms. The molecule has 0 bridgehead atoms. The zero-order valence-electron chi connectivity index (χ0n) is 9.65. The minimum absolute atomic E-state index is 0.343. The number of benzene rings is 1. The van der Waals surface area contributed by atoms with E-state index in [0.29, 0.717) is 18.2 Å². The Bertz CT molecular complexity index is 641. The van der Waals surface area contributed by atoms with E-state index in [1.165, 1.54) is 4.80 Å². The van der Waals surface area contributed by atoms with Gasteiger partial charge in [0.15, 0.2) is 5.82 Å². The van der Waals surface area contributed by atoms with E-state index in [-0.39, 0.29) is 0 Å². The zero-order valence-corrected chi connectivity index (χ0v) is 9.65. The molecular weight excluding hydrogens is 232 g/mol. The molecule has 18 heavy (non-hydrogen) atoms. The highest BCUT2D eigenvalue weighted by Crippen LogP contribution is 2.14. The van der Waals surface area contributed by atoms with Crippen molar-refractivity contribution in [2.45, 2.75) is 13.5 Å². The van der Waals surface area contributed by atoms with Crippen LogP contribution in [0.3, 0.4) is 0 Å². The second-order valence-corrected chi connectivity index (χ2v) is 3.84. The van der Waals surface area contributed by atoms with E-state index in [4.69, 9.17) is 0 Å². The molecule has 0 saturated carbocycles. The molecule has 0 radical (unpaired) electrons. The molecule has 2 aromatic heterocycles. The SMILES string of the molecule is Cc1cccc(-c2nnn(Cc3nn[nH]n3)n2)c1. The van der Waals surface area contributed by atoms with Gasteiger partial charge in [-0.1, -0.05) is 29.0 Å². The minimum Gasteiger partial charge on any atom is -0.177 e. The molecule has 3 rings (SSSR count). The fourth-order valence-electron chi connectivity index (χ4n) is 1.59. The summed E-state index contributed by atoms with van der Waals surface area (Å²) >= 11 is 0. The van der Waals surface area contributed by atoms with Crippen LogP contribution in [0, 0.1) is 6.92 Å². The smallest absolute Gasteiger partial charge is 0.177 e. The number of aromatic nitrogens is 8. The van der Waals surface area contributed by atoms with Gasteiger partial charge in [-0.15, -0.1) is 20.4 Å². The van der Waals surface area contributed by atoms with Crippen molar-refractivity contribution in [2.75, 3.05) is 0 Å². The molecule has 0 saturated heterocycles. The number of aromatic amines is 1. The van der Waals surface area contributed by atoms with E-state index in [9.17, 15) is 0 Å². The number of H-pyrrole nitrogens is 1. The summed E-state index contributed by atoms with van der Waals surface area (Å²) in [6.07, 6.45) is 0. The number of hydrogen-bond acceptors (Lipinski definition) is 6. The van der Waals surface area contributed by atoms with Gasteiger partial charge in [0.2, 0.25) is 5.82 Å². The molecule has 1 N–H and O–H groups in total. The van der Waals surface area contributed by atoms with Gasteiger partial charge in [0.25, 0.3) is 0 Å². The Morgan fingerprint density at radius 2 is 2.22 bits per heavy atom. The molecule has 0 aliphatic rings. The summed E-state index contributed by atoms with van der Waals surface area (Å²) in [5, 5.41) is 25.7. The summed E-state index contributed by atoms with van der Waals surface area (Å²) < 4.78 is 0. The van der Waals surface area contributed by atoms with Gasteiger partial charge in [0, 0.05) is 5.56 Å². The first-order valence-corrected chi connectivity index (χ1v) is 5.38. The Hall–Kier alpha value is -2.64. The Labute approximate surface area is 102 Å². The number of hydrogen-bond donors (Lipinski definition) is 1. The lowest BCUT2D eigenvalue weighted by atomic mass is 10.1. The van der Waals surface area contributed by atoms with Crippen LogP contribution in [0.1, 0.15) is 11.4 Å². The van der Waals surface area contributed by atoms with Crippen LogP contribution in [0.15, 0.2) is 24.3 Å². The standard InChI is InChI=1S/C10H10N8/c1-7-3-2-4-8(5-7)10-13-17-18(14-10)6-9-11-15-16-12-9/h2-5H,6H2,1H3,(H,11,12,15,16). The Morgan fingerprint density at radius 1 is 1.28 bits per heavy atom. The highest BCUT2D eigenvalue weighted by Gasteiger charge is 2.07. The summed E-state index contributed by atoms with van der Waals surface area (Å²) in [6.45, 7) is 2.36. The van der Waals surface area contributed by atoms with Crippen LogP contribution in [0.2, 0.25) is 0 Å². The molecule has 0 fully saturated rings. The van der Waals surface area contributed by atoms with Gasteiger partial charge in [-0.2, -0.15) is 10.0 Å². The van der Waals surface area contributed by atoms with E-state index in [2.05, 4.69) is 36.0 Å². The third kappa shape index (κ3) is 2.08. The summed E-state index contributed by atoms with van der Waals surface area (Å²) in [5.41, 5.74) is 2.09. The van der Waals surface area contributed by atoms with Gasteiger partial charge < -0.3 is 0 Å². The van der Waals surface area contributed by atoms with E-state index in [0.717, 1.165) is 11.1 Å². The molecule has 0 unspecified atom stereocenters. The Morgan fingerprint density at radius 3 is 3.00 bits per heavy atom. The van der Waals surface area contributed by atoms with Crippen molar-refractivity contribution in [3.63, 3.8) is 0 Å². The van der Waals surface area contributed by atoms with Gasteiger partial charge in [-0.25, -0.2) is 0 Å². The van der Waals surface area contributed by atoms with Gasteiger partial charge in [0.1, 0.15) is 6.54 Å². The first-order chi connectivity index (χ1) is 8.81. The second kappa shape index (κ2) is 4.32. The van der Waals surface area contributed by atoms with Crippen LogP contribution in [0.25, 0.3) is 11.4 Å². The highest BCUT2D eigenvalue weighted by atomic mass is 15.6. The molecule has 0 spiro atoms. The van der Waals surface area contributed by atoms with E-state index in [1.807, 2.05) is 31.2 Å². The minimum atomic E-state index is 0.343. The summed E-state index contributed by atoms with van der Waals surface area (Å²) in [4.78, 5) is 1.43. The fraction of sp³-hybridized carbons (Fsp3) is 0.200. The average Bonchev–Trinajstić information content (AvgIpc) is 3.01. The van der Waals surface area contributed by atoms with Crippen molar-refractivity contribution in [3.8, 4) is 11.4 Å². The maximum Gasteiger partial charge on any atom is 0.204 e. The van der Waals surface area contributed by atoms with Crippen LogP contribution in [0.5, 0.6) is 0 Å². The quantitative estimate of drug-likeness (QED) is 0.705. The normalized spacial score (nSPS) is 10.7. The second-order valence-electron chi connectivity index (χ2n) is 3.84. The number of tetrazole rings is 2. The molecule has 8 nitrogen and oxygen atoms in total. The van der Waals surface area contributed by atoms with Crippen LogP contribution < -0.4 is 0 Å². The van der Waals surface area contributed by atoms with Crippen molar-refractivity contribution in [2.24, 2.45) is 0 Å². The maximum absolute atomic E-state index is 4.27. The average molecular weight is 242 g/mol. The molecule has 0 atom stereocenters. The van der Waals surface area contributed by atoms with Crippen LogP contribution >= 0.6 is 0 Å². The van der Waals surface area contributed by atoms with Crippen LogP contribution in [0.4, 0.5) is 0 Å². The summed E-state index contributed by atoms with van der Waals surface area (Å²) in [6, 6.07) is 7.94. The molecule has 3 aromatic rings. The predicted molar refractivity (Wildman–Crippen MR) is 61.3 cm³/mol. The molecular formula is C10H10N8. The number of rotatable bonds is 3. The highest BCUT2D eigenvalue weighted by molar-refractivity contribution is 5.54. The largest absolute Gasteiger partial charge is 0.204 e. The maximum atomic E-state index is 4.27. The van der Waals surface area contributed by atoms with Crippen molar-refractivity contribution in [3.05, 3.63) is 35.7 Å². The number of aryl methyl sites for hydroxylation is 1. The molecule has 1 aromatic carbocycles. The van der Waals surface area contributed by atoms with E-state index >= 15 is 0 Å². The van der Waals surface area contributed by atoms with Crippen LogP contribution in [-0.4, -0.2) is 40.8 Å². The number of nitrogens with zero attached hydrogens (tertiary/aromatic N) is 7. The van der Waals surface area contributed by atoms with Gasteiger partial charge in [-0.3, -0.25) is 0 Å². The molecule has 0 aliphatic heterocycles. The Kier molecular flexibility index (Phi) is 2.52. The third-order valence-corrected chi connectivity index (χ3v) is 2.40. The lowest BCUT2D eigenvalue weighted by Gasteiger charge is -1.95. The van der Waals surface area contributed by atoms with Gasteiger partial charge in [-0.05, 0) is 18.2 Å². The number of nitrogens with one attached hydrogen (secondary N) is 1. The molecule has 0 aliphatic carbocycles. The molecule has 0 amide bonds. The molecule has 90 valence electrons. The first-order valence-electron chi connectivity index (χ1n) is 5.38. The third-order valence-electron chi connectivity index (χ3n) is 2.40. The van der Waals surface area contributed by atoms with Crippen molar-refractivity contribution in [1.29, 1.82) is 0 Å². The van der Waals surface area contributed by atoms with Gasteiger partial charge in [0.05, 0.1) is 0 Å².